The van der Waals surface area contributed by atoms with Crippen LogP contribution in [0.2, 0.25) is 5.02 Å². The van der Waals surface area contributed by atoms with Crippen LogP contribution < -0.4 is 5.43 Å². The lowest BCUT2D eigenvalue weighted by molar-refractivity contribution is -0.137. The summed E-state index contributed by atoms with van der Waals surface area (Å²) in [6.07, 6.45) is -3.56. The van der Waals surface area contributed by atoms with Gasteiger partial charge in [-0.15, -0.1) is 0 Å². The van der Waals surface area contributed by atoms with Crippen molar-refractivity contribution in [3.05, 3.63) is 94.0 Å². The zero-order valence-corrected chi connectivity index (χ0v) is 18.3. The zero-order chi connectivity index (χ0) is 25.3. The van der Waals surface area contributed by atoms with Gasteiger partial charge in [0.05, 0.1) is 28.4 Å². The van der Waals surface area contributed by atoms with Crippen LogP contribution in [0.15, 0.2) is 71.8 Å². The number of aromatic nitrogens is 1. The number of nitrogens with one attached hydrogen (secondary N) is 1. The predicted molar refractivity (Wildman–Crippen MR) is 123 cm³/mol. The highest BCUT2D eigenvalue weighted by atomic mass is 35.5. The van der Waals surface area contributed by atoms with E-state index in [1.165, 1.54) is 48.5 Å². The van der Waals surface area contributed by atoms with Crippen molar-refractivity contribution in [3.8, 4) is 11.6 Å². The highest BCUT2D eigenvalue weighted by Gasteiger charge is 2.31. The molecule has 0 spiro atoms. The van der Waals surface area contributed by atoms with Crippen LogP contribution in [-0.4, -0.2) is 32.9 Å². The Kier molecular flexibility index (Phi) is 6.23. The number of alkyl halides is 3. The van der Waals surface area contributed by atoms with Gasteiger partial charge in [0, 0.05) is 21.7 Å². The predicted octanol–water partition coefficient (Wildman–Crippen LogP) is 5.47. The second-order valence-corrected chi connectivity index (χ2v) is 7.80. The van der Waals surface area contributed by atoms with E-state index in [4.69, 9.17) is 11.6 Å². The number of benzene rings is 3. The number of carboxylic acid groups (broad SMARTS) is 1. The first kappa shape index (κ1) is 23.8. The van der Waals surface area contributed by atoms with Crippen molar-refractivity contribution in [2.75, 3.05) is 0 Å². The van der Waals surface area contributed by atoms with Crippen LogP contribution in [0.5, 0.6) is 5.88 Å². The molecule has 0 saturated carbocycles. The molecule has 35 heavy (non-hydrogen) atoms. The van der Waals surface area contributed by atoms with Crippen molar-refractivity contribution in [2.45, 2.75) is 6.18 Å². The first-order chi connectivity index (χ1) is 16.6. The average molecular weight is 502 g/mol. The molecule has 1 amide bonds. The molecule has 4 aromatic rings. The molecule has 0 fully saturated rings. The summed E-state index contributed by atoms with van der Waals surface area (Å²) in [4.78, 5) is 23.6. The second-order valence-electron chi connectivity index (χ2n) is 7.36. The fraction of sp³-hybridized carbons (Fsp3) is 0.0417. The smallest absolute Gasteiger partial charge is 0.416 e. The summed E-state index contributed by atoms with van der Waals surface area (Å²) in [6, 6.07) is 14.2. The molecule has 1 aromatic heterocycles. The second kappa shape index (κ2) is 9.15. The van der Waals surface area contributed by atoms with Crippen molar-refractivity contribution >= 4 is 40.6 Å². The van der Waals surface area contributed by atoms with E-state index in [-0.39, 0.29) is 33.3 Å². The van der Waals surface area contributed by atoms with Gasteiger partial charge >= 0.3 is 12.1 Å². The number of halogens is 4. The Morgan fingerprint density at radius 3 is 2.37 bits per heavy atom. The fourth-order valence-corrected chi connectivity index (χ4v) is 3.59. The number of carboxylic acids is 1. The van der Waals surface area contributed by atoms with Crippen LogP contribution in [0.3, 0.4) is 0 Å². The molecule has 0 atom stereocenters. The van der Waals surface area contributed by atoms with Gasteiger partial charge in [0.15, 0.2) is 0 Å². The van der Waals surface area contributed by atoms with E-state index in [0.29, 0.717) is 5.02 Å². The largest absolute Gasteiger partial charge is 0.494 e. The molecule has 0 saturated heterocycles. The Hall–Kier alpha value is -4.31. The maximum absolute atomic E-state index is 13.4. The lowest BCUT2D eigenvalue weighted by atomic mass is 10.1. The first-order valence-corrected chi connectivity index (χ1v) is 10.3. The van der Waals surface area contributed by atoms with Crippen LogP contribution in [0, 0.1) is 0 Å². The third kappa shape index (κ3) is 4.82. The van der Waals surface area contributed by atoms with E-state index in [0.717, 1.165) is 29.0 Å². The van der Waals surface area contributed by atoms with Crippen molar-refractivity contribution in [2.24, 2.45) is 5.10 Å². The number of nitrogens with zero attached hydrogens (tertiary/aromatic N) is 2. The topological polar surface area (TPSA) is 104 Å². The van der Waals surface area contributed by atoms with Gasteiger partial charge < -0.3 is 10.2 Å². The molecule has 11 heteroatoms. The van der Waals surface area contributed by atoms with E-state index < -0.39 is 29.5 Å². The van der Waals surface area contributed by atoms with Crippen molar-refractivity contribution in [3.63, 3.8) is 0 Å². The SMILES string of the molecule is O=C(O)c1cccc(-n2c(O)c(C=NNC(=O)c3ccc(Cl)cc3)c3ccc(C(F)(F)F)cc32)c1. The minimum Gasteiger partial charge on any atom is -0.494 e. The molecule has 3 aromatic carbocycles. The Bertz CT molecular complexity index is 1480. The summed E-state index contributed by atoms with van der Waals surface area (Å²) in [7, 11) is 0. The van der Waals surface area contributed by atoms with E-state index in [1.807, 2.05) is 0 Å². The quantitative estimate of drug-likeness (QED) is 0.249. The molecule has 0 unspecified atom stereocenters. The lowest BCUT2D eigenvalue weighted by Crippen LogP contribution is -2.17. The van der Waals surface area contributed by atoms with Crippen LogP contribution >= 0.6 is 11.6 Å². The van der Waals surface area contributed by atoms with Crippen LogP contribution in [-0.2, 0) is 6.18 Å². The molecule has 1 heterocycles. The molecule has 3 N–H and O–H groups in total. The maximum atomic E-state index is 13.4. The van der Waals surface area contributed by atoms with Crippen LogP contribution in [0.25, 0.3) is 16.6 Å². The molecule has 0 aliphatic rings. The van der Waals surface area contributed by atoms with E-state index >= 15 is 0 Å². The Morgan fingerprint density at radius 2 is 1.71 bits per heavy atom. The molecule has 0 aliphatic heterocycles. The summed E-state index contributed by atoms with van der Waals surface area (Å²) in [5.74, 6) is -2.31. The average Bonchev–Trinajstić information content (AvgIpc) is 3.09. The van der Waals surface area contributed by atoms with Gasteiger partial charge in [-0.05, 0) is 54.6 Å². The summed E-state index contributed by atoms with van der Waals surface area (Å²) >= 11 is 5.80. The molecule has 0 aliphatic carbocycles. The number of rotatable bonds is 5. The molecule has 7 nitrogen and oxygen atoms in total. The van der Waals surface area contributed by atoms with Crippen LogP contribution in [0.1, 0.15) is 31.8 Å². The normalized spacial score (nSPS) is 11.8. The number of fused-ring (bicyclic) bond motifs is 1. The summed E-state index contributed by atoms with van der Waals surface area (Å²) in [6.45, 7) is 0. The number of amides is 1. The highest BCUT2D eigenvalue weighted by molar-refractivity contribution is 6.30. The minimum absolute atomic E-state index is 0.0193. The van der Waals surface area contributed by atoms with Crippen molar-refractivity contribution in [1.29, 1.82) is 0 Å². The maximum Gasteiger partial charge on any atom is 0.416 e. The number of hydrogen-bond donors (Lipinski definition) is 3. The number of hydrogen-bond acceptors (Lipinski definition) is 4. The number of aromatic carboxylic acids is 1. The third-order valence-electron chi connectivity index (χ3n) is 5.13. The number of aromatic hydroxyl groups is 1. The Balaban J connectivity index is 1.80. The molecule has 0 bridgehead atoms. The van der Waals surface area contributed by atoms with E-state index in [2.05, 4.69) is 10.5 Å². The molecular formula is C24H15ClF3N3O4. The van der Waals surface area contributed by atoms with Gasteiger partial charge in [-0.3, -0.25) is 9.36 Å². The summed E-state index contributed by atoms with van der Waals surface area (Å²) < 4.78 is 41.2. The van der Waals surface area contributed by atoms with Gasteiger partial charge in [-0.1, -0.05) is 23.7 Å². The number of hydrazone groups is 1. The highest BCUT2D eigenvalue weighted by Crippen LogP contribution is 2.37. The van der Waals surface area contributed by atoms with Crippen LogP contribution in [0.4, 0.5) is 13.2 Å². The summed E-state index contributed by atoms with van der Waals surface area (Å²) in [5.41, 5.74) is 1.56. The molecular weight excluding hydrogens is 487 g/mol. The minimum atomic E-state index is -4.65. The van der Waals surface area contributed by atoms with Gasteiger partial charge in [0.2, 0.25) is 5.88 Å². The van der Waals surface area contributed by atoms with E-state index in [9.17, 15) is 33.0 Å². The van der Waals surface area contributed by atoms with Gasteiger partial charge in [0.25, 0.3) is 5.91 Å². The first-order valence-electron chi connectivity index (χ1n) is 9.93. The third-order valence-corrected chi connectivity index (χ3v) is 5.38. The molecule has 178 valence electrons. The van der Waals surface area contributed by atoms with Gasteiger partial charge in [-0.25, -0.2) is 10.2 Å². The van der Waals surface area contributed by atoms with Gasteiger partial charge in [0.1, 0.15) is 0 Å². The van der Waals surface area contributed by atoms with Gasteiger partial charge in [-0.2, -0.15) is 18.3 Å². The fourth-order valence-electron chi connectivity index (χ4n) is 3.46. The Morgan fingerprint density at radius 1 is 1.00 bits per heavy atom. The monoisotopic (exact) mass is 501 g/mol. The zero-order valence-electron chi connectivity index (χ0n) is 17.5. The van der Waals surface area contributed by atoms with Crippen molar-refractivity contribution in [1.82, 2.24) is 9.99 Å². The number of carbonyl (C=O) groups is 2. The van der Waals surface area contributed by atoms with E-state index in [1.54, 1.807) is 0 Å². The molecule has 4 rings (SSSR count). The standard InChI is InChI=1S/C24H15ClF3N3O4/c25-16-7-4-13(5-8-16)21(32)30-29-12-19-18-9-6-15(24(26,27)28)11-20(18)31(22(19)33)17-3-1-2-14(10-17)23(34)35/h1-12,33H,(H,30,32)(H,34,35). The lowest BCUT2D eigenvalue weighted by Gasteiger charge is -2.10. The molecule has 0 radical (unpaired) electrons. The number of carbonyl (C=O) groups excluding carboxylic acids is 1. The summed E-state index contributed by atoms with van der Waals surface area (Å²) in [5, 5.41) is 24.7. The van der Waals surface area contributed by atoms with Crippen molar-refractivity contribution < 1.29 is 33.0 Å². The Labute approximate surface area is 200 Å².